The molecule has 3 heterocycles. The van der Waals surface area contributed by atoms with E-state index >= 15 is 0 Å². The minimum absolute atomic E-state index is 0.0483. The van der Waals surface area contributed by atoms with Gasteiger partial charge in [0.1, 0.15) is 17.1 Å². The van der Waals surface area contributed by atoms with Gasteiger partial charge in [-0.2, -0.15) is 0 Å². The first kappa shape index (κ1) is 15.6. The maximum atomic E-state index is 12.6. The lowest BCUT2D eigenvalue weighted by Gasteiger charge is -2.46. The van der Waals surface area contributed by atoms with Crippen LogP contribution in [-0.2, 0) is 11.2 Å². The van der Waals surface area contributed by atoms with Crippen molar-refractivity contribution in [2.45, 2.75) is 31.8 Å². The van der Waals surface area contributed by atoms with Gasteiger partial charge in [0.15, 0.2) is 0 Å². The van der Waals surface area contributed by atoms with Crippen LogP contribution in [0.1, 0.15) is 34.6 Å². The van der Waals surface area contributed by atoms with Crippen LogP contribution in [0.25, 0.3) is 0 Å². The Labute approximate surface area is 144 Å². The summed E-state index contributed by atoms with van der Waals surface area (Å²) in [5, 5.41) is 14.0. The fourth-order valence-corrected chi connectivity index (χ4v) is 3.50. The van der Waals surface area contributed by atoms with E-state index in [4.69, 9.17) is 0 Å². The first-order valence-electron chi connectivity index (χ1n) is 8.32. The topological polar surface area (TPSA) is 100 Å². The molecule has 4 rings (SSSR count). The summed E-state index contributed by atoms with van der Waals surface area (Å²) in [5.74, 6) is -0.159. The summed E-state index contributed by atoms with van der Waals surface area (Å²) in [4.78, 5) is 26.9. The largest absolute Gasteiger partial charge is 0.361 e. The van der Waals surface area contributed by atoms with E-state index in [0.717, 1.165) is 18.5 Å². The molecule has 8 nitrogen and oxygen atoms in total. The Morgan fingerprint density at radius 3 is 2.96 bits per heavy atom. The number of rotatable bonds is 2. The number of aromatic nitrogens is 2. The Kier molecular flexibility index (Phi) is 3.67. The third-order valence-corrected chi connectivity index (χ3v) is 4.81. The van der Waals surface area contributed by atoms with E-state index in [9.17, 15) is 9.59 Å². The van der Waals surface area contributed by atoms with Crippen LogP contribution < -0.4 is 10.6 Å². The van der Waals surface area contributed by atoms with Crippen LogP contribution in [0.2, 0.25) is 0 Å². The molecule has 1 spiro atoms. The Hall–Kier alpha value is -2.90. The van der Waals surface area contributed by atoms with Crippen molar-refractivity contribution in [3.63, 3.8) is 0 Å². The van der Waals surface area contributed by atoms with Gasteiger partial charge >= 0.3 is 0 Å². The summed E-state index contributed by atoms with van der Waals surface area (Å²) in [6, 6.07) is 7.41. The van der Waals surface area contributed by atoms with Crippen LogP contribution in [0.4, 0.5) is 5.69 Å². The number of para-hydroxylation sites is 1. The van der Waals surface area contributed by atoms with Crippen molar-refractivity contribution in [3.8, 4) is 0 Å². The first-order valence-corrected chi connectivity index (χ1v) is 8.32. The van der Waals surface area contributed by atoms with Gasteiger partial charge in [-0.3, -0.25) is 9.59 Å². The molecule has 0 saturated carbocycles. The predicted octanol–water partition coefficient (Wildman–Crippen LogP) is 1.09. The zero-order chi connectivity index (χ0) is 17.4. The van der Waals surface area contributed by atoms with Crippen molar-refractivity contribution < 1.29 is 14.2 Å². The highest BCUT2D eigenvalue weighted by molar-refractivity contribution is 6.02. The predicted molar refractivity (Wildman–Crippen MR) is 88.8 cm³/mol. The van der Waals surface area contributed by atoms with Gasteiger partial charge in [-0.05, 0) is 31.9 Å². The van der Waals surface area contributed by atoms with E-state index < -0.39 is 5.66 Å². The molecule has 2 aliphatic rings. The monoisotopic (exact) mass is 341 g/mol. The highest BCUT2D eigenvalue weighted by Crippen LogP contribution is 2.30. The molecule has 1 atom stereocenters. The van der Waals surface area contributed by atoms with Crippen molar-refractivity contribution in [2.75, 3.05) is 18.4 Å². The van der Waals surface area contributed by atoms with Crippen molar-refractivity contribution in [1.82, 2.24) is 20.5 Å². The van der Waals surface area contributed by atoms with Crippen molar-refractivity contribution >= 4 is 17.5 Å². The number of piperidine rings is 1. The van der Waals surface area contributed by atoms with Crippen LogP contribution >= 0.6 is 0 Å². The number of fused-ring (bicyclic) bond motifs is 1. The molecule has 25 heavy (non-hydrogen) atoms. The van der Waals surface area contributed by atoms with Gasteiger partial charge in [0, 0.05) is 12.2 Å². The van der Waals surface area contributed by atoms with Gasteiger partial charge in [-0.1, -0.05) is 22.4 Å². The lowest BCUT2D eigenvalue weighted by molar-refractivity contribution is -0.132. The fourth-order valence-electron chi connectivity index (χ4n) is 3.50. The smallest absolute Gasteiger partial charge is 0.255 e. The van der Waals surface area contributed by atoms with Gasteiger partial charge < -0.3 is 15.5 Å². The van der Waals surface area contributed by atoms with E-state index in [0.29, 0.717) is 30.0 Å². The van der Waals surface area contributed by atoms with Crippen molar-refractivity contribution in [2.24, 2.45) is 0 Å². The van der Waals surface area contributed by atoms with E-state index in [-0.39, 0.29) is 18.2 Å². The Morgan fingerprint density at radius 1 is 1.32 bits per heavy atom. The number of carbonyl (C=O) groups is 2. The number of aryl methyl sites for hydroxylation is 1. The number of hydrogen-bond acceptors (Lipinski definition) is 6. The Balaban J connectivity index is 1.52. The molecule has 1 saturated heterocycles. The maximum Gasteiger partial charge on any atom is 0.255 e. The van der Waals surface area contributed by atoms with Gasteiger partial charge in [-0.25, -0.2) is 4.63 Å². The van der Waals surface area contributed by atoms with E-state index in [1.54, 1.807) is 17.9 Å². The van der Waals surface area contributed by atoms with Crippen LogP contribution in [0, 0.1) is 6.92 Å². The highest BCUT2D eigenvalue weighted by atomic mass is 16.6. The standard InChI is InChI=1S/C17H19N5O3/c1-11-14(21-25-20-11)9-15(23)22-8-4-7-17(10-22)18-13-6-3-2-5-12(13)16(24)19-17/h2-3,5-6,18H,4,7-10H2,1H3,(H,19,24). The number of nitrogens with zero attached hydrogens (tertiary/aromatic N) is 3. The third-order valence-electron chi connectivity index (χ3n) is 4.81. The molecule has 1 unspecified atom stereocenters. The second-order valence-corrected chi connectivity index (χ2v) is 6.60. The zero-order valence-corrected chi connectivity index (χ0v) is 13.9. The summed E-state index contributed by atoms with van der Waals surface area (Å²) >= 11 is 0. The number of likely N-dealkylation sites (tertiary alicyclic amines) is 1. The second-order valence-electron chi connectivity index (χ2n) is 6.60. The normalized spacial score (nSPS) is 22.3. The van der Waals surface area contributed by atoms with Gasteiger partial charge in [0.25, 0.3) is 5.91 Å². The number of nitrogens with one attached hydrogen (secondary N) is 2. The van der Waals surface area contributed by atoms with Gasteiger partial charge in [-0.15, -0.1) is 0 Å². The molecular weight excluding hydrogens is 322 g/mol. The van der Waals surface area contributed by atoms with Gasteiger partial charge in [0.05, 0.1) is 18.5 Å². The first-order chi connectivity index (χ1) is 12.1. The average molecular weight is 341 g/mol. The maximum absolute atomic E-state index is 12.6. The summed E-state index contributed by atoms with van der Waals surface area (Å²) in [7, 11) is 0. The quantitative estimate of drug-likeness (QED) is 0.848. The van der Waals surface area contributed by atoms with Gasteiger partial charge in [0.2, 0.25) is 5.91 Å². The summed E-state index contributed by atoms with van der Waals surface area (Å²) in [5.41, 5.74) is 1.97. The van der Waals surface area contributed by atoms with Crippen molar-refractivity contribution in [1.29, 1.82) is 0 Å². The molecule has 2 amide bonds. The zero-order valence-electron chi connectivity index (χ0n) is 13.9. The minimum Gasteiger partial charge on any atom is -0.361 e. The van der Waals surface area contributed by atoms with Crippen molar-refractivity contribution in [3.05, 3.63) is 41.2 Å². The molecule has 2 N–H and O–H groups in total. The number of anilines is 1. The Morgan fingerprint density at radius 2 is 2.16 bits per heavy atom. The number of carbonyl (C=O) groups excluding carboxylic acids is 2. The molecular formula is C17H19N5O3. The number of amides is 2. The lowest BCUT2D eigenvalue weighted by atomic mass is 9.93. The lowest BCUT2D eigenvalue weighted by Crippen LogP contribution is -2.66. The molecule has 0 bridgehead atoms. The molecule has 1 aromatic carbocycles. The molecule has 8 heteroatoms. The third kappa shape index (κ3) is 2.84. The number of hydrogen-bond donors (Lipinski definition) is 2. The van der Waals surface area contributed by atoms with E-state index in [2.05, 4.69) is 25.6 Å². The average Bonchev–Trinajstić information content (AvgIpc) is 3.00. The SMILES string of the molecule is Cc1nonc1CC(=O)N1CCCC2(C1)NC(=O)c1ccccc1N2. The number of benzene rings is 1. The van der Waals surface area contributed by atoms with E-state index in [1.165, 1.54) is 0 Å². The molecule has 130 valence electrons. The minimum atomic E-state index is -0.629. The summed E-state index contributed by atoms with van der Waals surface area (Å²) in [6.07, 6.45) is 1.72. The fraction of sp³-hybridized carbons (Fsp3) is 0.412. The Bertz CT molecular complexity index is 833. The summed E-state index contributed by atoms with van der Waals surface area (Å²) in [6.45, 7) is 2.83. The molecule has 1 fully saturated rings. The van der Waals surface area contributed by atoms with E-state index in [1.807, 2.05) is 18.2 Å². The second kappa shape index (κ2) is 5.87. The van der Waals surface area contributed by atoms with Crippen LogP contribution in [0.15, 0.2) is 28.9 Å². The van der Waals surface area contributed by atoms with Crippen LogP contribution in [0.5, 0.6) is 0 Å². The molecule has 1 aromatic heterocycles. The molecule has 0 aliphatic carbocycles. The highest BCUT2D eigenvalue weighted by Gasteiger charge is 2.42. The van der Waals surface area contributed by atoms with Crippen LogP contribution in [0.3, 0.4) is 0 Å². The molecule has 2 aliphatic heterocycles. The molecule has 2 aromatic rings. The van der Waals surface area contributed by atoms with Crippen LogP contribution in [-0.4, -0.2) is 45.8 Å². The molecule has 0 radical (unpaired) electrons. The summed E-state index contributed by atoms with van der Waals surface area (Å²) < 4.78 is 4.66.